The third kappa shape index (κ3) is 4.32. The fraction of sp³-hybridized carbons (Fsp3) is 0.217. The van der Waals surface area contributed by atoms with Gasteiger partial charge in [-0.2, -0.15) is 5.10 Å². The van der Waals surface area contributed by atoms with Gasteiger partial charge in [-0.15, -0.1) is 0 Å². The molecule has 0 atom stereocenters. The van der Waals surface area contributed by atoms with Crippen LogP contribution in [0.25, 0.3) is 5.69 Å². The van der Waals surface area contributed by atoms with Crippen molar-refractivity contribution in [3.8, 4) is 17.2 Å². The fourth-order valence-electron chi connectivity index (χ4n) is 3.27. The van der Waals surface area contributed by atoms with Crippen molar-refractivity contribution in [1.82, 2.24) is 24.7 Å². The van der Waals surface area contributed by atoms with E-state index in [1.165, 1.54) is 0 Å². The summed E-state index contributed by atoms with van der Waals surface area (Å²) in [6, 6.07) is 11.5. The largest absolute Gasteiger partial charge is 0.493 e. The number of hydrogen-bond donors (Lipinski definition) is 1. The van der Waals surface area contributed by atoms with Crippen LogP contribution in [0.1, 0.15) is 22.6 Å². The Morgan fingerprint density at radius 3 is 2.58 bits per heavy atom. The third-order valence-corrected chi connectivity index (χ3v) is 5.01. The van der Waals surface area contributed by atoms with Crippen LogP contribution in [-0.2, 0) is 6.42 Å². The number of hydrogen-bond acceptors (Lipinski definition) is 7. The van der Waals surface area contributed by atoms with Gasteiger partial charge < -0.3 is 14.8 Å². The lowest BCUT2D eigenvalue weighted by molar-refractivity contribution is 0.354. The predicted molar refractivity (Wildman–Crippen MR) is 118 cm³/mol. The topological polar surface area (TPSA) is 87.0 Å². The molecule has 158 valence electrons. The van der Waals surface area contributed by atoms with E-state index < -0.39 is 0 Å². The number of aryl methyl sites for hydroxylation is 1. The molecule has 0 aliphatic rings. The van der Waals surface area contributed by atoms with Gasteiger partial charge in [0.25, 0.3) is 0 Å². The molecule has 1 N–H and O–H groups in total. The van der Waals surface area contributed by atoms with Crippen LogP contribution >= 0.6 is 0 Å². The van der Waals surface area contributed by atoms with Crippen LogP contribution in [-0.4, -0.2) is 39.0 Å². The highest BCUT2D eigenvalue weighted by Crippen LogP contribution is 2.29. The molecule has 0 saturated heterocycles. The van der Waals surface area contributed by atoms with Gasteiger partial charge in [-0.25, -0.2) is 14.6 Å². The molecule has 31 heavy (non-hydrogen) atoms. The molecule has 0 aliphatic heterocycles. The van der Waals surface area contributed by atoms with Gasteiger partial charge in [-0.05, 0) is 49.7 Å². The van der Waals surface area contributed by atoms with Crippen molar-refractivity contribution in [2.24, 2.45) is 0 Å². The summed E-state index contributed by atoms with van der Waals surface area (Å²) < 4.78 is 12.5. The lowest BCUT2D eigenvalue weighted by Crippen LogP contribution is -2.06. The molecule has 3 heterocycles. The lowest BCUT2D eigenvalue weighted by Gasteiger charge is -2.12. The molecule has 0 spiro atoms. The number of nitrogens with zero attached hydrogens (tertiary/aromatic N) is 5. The van der Waals surface area contributed by atoms with Crippen LogP contribution in [0.3, 0.4) is 0 Å². The number of ether oxygens (including phenoxy) is 2. The third-order valence-electron chi connectivity index (χ3n) is 5.01. The second-order valence-electron chi connectivity index (χ2n) is 7.03. The van der Waals surface area contributed by atoms with Crippen LogP contribution in [0, 0.1) is 13.8 Å². The first kappa shape index (κ1) is 20.3. The van der Waals surface area contributed by atoms with Crippen molar-refractivity contribution in [2.75, 3.05) is 19.5 Å². The monoisotopic (exact) mass is 416 g/mol. The molecule has 8 nitrogen and oxygen atoms in total. The summed E-state index contributed by atoms with van der Waals surface area (Å²) in [5.74, 6) is 3.61. The zero-order valence-corrected chi connectivity index (χ0v) is 18.0. The second-order valence-corrected chi connectivity index (χ2v) is 7.03. The molecule has 1 aromatic carbocycles. The highest BCUT2D eigenvalue weighted by Gasteiger charge is 2.14. The van der Waals surface area contributed by atoms with E-state index in [1.54, 1.807) is 32.8 Å². The summed E-state index contributed by atoms with van der Waals surface area (Å²) in [6.45, 7) is 4.01. The second kappa shape index (κ2) is 8.83. The molecule has 0 fully saturated rings. The Labute approximate surface area is 180 Å². The molecule has 0 unspecified atom stereocenters. The molecule has 8 heteroatoms. The van der Waals surface area contributed by atoms with Crippen LogP contribution < -0.4 is 14.8 Å². The zero-order chi connectivity index (χ0) is 21.8. The van der Waals surface area contributed by atoms with E-state index in [0.29, 0.717) is 29.6 Å². The van der Waals surface area contributed by atoms with Crippen LogP contribution in [0.5, 0.6) is 11.5 Å². The number of anilines is 2. The first-order chi connectivity index (χ1) is 15.1. The van der Waals surface area contributed by atoms with E-state index in [1.807, 2.05) is 54.9 Å². The molecule has 3 aromatic heterocycles. The SMILES string of the molecule is COc1ccc(Cc2nccc(Nc3c(C)c(C)nn3-c3cccnc3)n2)cc1OC. The number of benzene rings is 1. The number of aromatic nitrogens is 5. The molecular weight excluding hydrogens is 392 g/mol. The molecule has 0 saturated carbocycles. The Morgan fingerprint density at radius 2 is 1.84 bits per heavy atom. The van der Waals surface area contributed by atoms with Gasteiger partial charge in [0, 0.05) is 24.4 Å². The van der Waals surface area contributed by atoms with Crippen LogP contribution in [0.4, 0.5) is 11.6 Å². The van der Waals surface area contributed by atoms with E-state index >= 15 is 0 Å². The Bertz CT molecular complexity index is 1190. The fourth-order valence-corrected chi connectivity index (χ4v) is 3.27. The van der Waals surface area contributed by atoms with E-state index in [-0.39, 0.29) is 0 Å². The smallest absolute Gasteiger partial charge is 0.161 e. The average molecular weight is 416 g/mol. The van der Waals surface area contributed by atoms with Crippen molar-refractivity contribution in [1.29, 1.82) is 0 Å². The summed E-state index contributed by atoms with van der Waals surface area (Å²) in [5, 5.41) is 8.05. The highest BCUT2D eigenvalue weighted by molar-refractivity contribution is 5.60. The number of rotatable bonds is 7. The van der Waals surface area contributed by atoms with E-state index in [2.05, 4.69) is 20.4 Å². The predicted octanol–water partition coefficient (Wildman–Crippen LogP) is 4.03. The summed E-state index contributed by atoms with van der Waals surface area (Å²) in [4.78, 5) is 13.3. The van der Waals surface area contributed by atoms with Gasteiger partial charge >= 0.3 is 0 Å². The van der Waals surface area contributed by atoms with Gasteiger partial charge in [0.2, 0.25) is 0 Å². The maximum atomic E-state index is 5.40. The van der Waals surface area contributed by atoms with E-state index in [4.69, 9.17) is 14.5 Å². The molecule has 0 radical (unpaired) electrons. The van der Waals surface area contributed by atoms with E-state index in [9.17, 15) is 0 Å². The maximum absolute atomic E-state index is 5.40. The Morgan fingerprint density at radius 1 is 1.00 bits per heavy atom. The first-order valence-electron chi connectivity index (χ1n) is 9.85. The minimum absolute atomic E-state index is 0.565. The Kier molecular flexibility index (Phi) is 5.79. The molecule has 0 aliphatic carbocycles. The van der Waals surface area contributed by atoms with E-state index in [0.717, 1.165) is 28.3 Å². The van der Waals surface area contributed by atoms with Crippen LogP contribution in [0.2, 0.25) is 0 Å². The van der Waals surface area contributed by atoms with Gasteiger partial charge in [-0.3, -0.25) is 4.98 Å². The number of methoxy groups -OCH3 is 2. The number of pyridine rings is 1. The summed E-state index contributed by atoms with van der Waals surface area (Å²) in [6.07, 6.45) is 5.83. The average Bonchev–Trinajstić information content (AvgIpc) is 3.08. The van der Waals surface area contributed by atoms with Crippen molar-refractivity contribution in [3.05, 3.63) is 77.6 Å². The molecular formula is C23H24N6O2. The Balaban J connectivity index is 1.61. The van der Waals surface area contributed by atoms with Gasteiger partial charge in [0.15, 0.2) is 11.5 Å². The molecule has 0 bridgehead atoms. The van der Waals surface area contributed by atoms with Crippen molar-refractivity contribution < 1.29 is 9.47 Å². The quantitative estimate of drug-likeness (QED) is 0.487. The van der Waals surface area contributed by atoms with Gasteiger partial charge in [-0.1, -0.05) is 6.07 Å². The molecule has 0 amide bonds. The minimum atomic E-state index is 0.565. The highest BCUT2D eigenvalue weighted by atomic mass is 16.5. The molecule has 4 rings (SSSR count). The maximum Gasteiger partial charge on any atom is 0.161 e. The zero-order valence-electron chi connectivity index (χ0n) is 18.0. The van der Waals surface area contributed by atoms with Crippen LogP contribution in [0.15, 0.2) is 55.0 Å². The normalized spacial score (nSPS) is 10.7. The van der Waals surface area contributed by atoms with Gasteiger partial charge in [0.05, 0.1) is 31.8 Å². The summed E-state index contributed by atoms with van der Waals surface area (Å²) >= 11 is 0. The first-order valence-corrected chi connectivity index (χ1v) is 9.85. The number of nitrogens with one attached hydrogen (secondary N) is 1. The molecule has 4 aromatic rings. The standard InChI is InChI=1S/C23H24N6O2/c1-15-16(2)28-29(18-6-5-10-24-14-18)23(15)27-21-9-11-25-22(26-21)13-17-7-8-19(30-3)20(12-17)31-4/h5-12,14H,13H2,1-4H3,(H,25,26,27). The minimum Gasteiger partial charge on any atom is -0.493 e. The Hall–Kier alpha value is -3.94. The van der Waals surface area contributed by atoms with Gasteiger partial charge in [0.1, 0.15) is 17.5 Å². The van der Waals surface area contributed by atoms with Crippen molar-refractivity contribution in [3.63, 3.8) is 0 Å². The summed E-state index contributed by atoms with van der Waals surface area (Å²) in [5.41, 5.74) is 3.89. The lowest BCUT2D eigenvalue weighted by atomic mass is 10.1. The summed E-state index contributed by atoms with van der Waals surface area (Å²) in [7, 11) is 3.24. The van der Waals surface area contributed by atoms with Crippen molar-refractivity contribution >= 4 is 11.6 Å². The van der Waals surface area contributed by atoms with Crippen molar-refractivity contribution in [2.45, 2.75) is 20.3 Å².